The van der Waals surface area contributed by atoms with E-state index in [4.69, 9.17) is 10.5 Å². The molecule has 2 fully saturated rings. The molecule has 0 spiro atoms. The number of nitrogens with one attached hydrogen (secondary N) is 1. The molecule has 3 N–H and O–H groups in total. The van der Waals surface area contributed by atoms with Crippen LogP contribution >= 0.6 is 0 Å². The van der Waals surface area contributed by atoms with Gasteiger partial charge in [-0.3, -0.25) is 9.69 Å². The largest absolute Gasteiger partial charge is 0.378 e. The molecule has 1 atom stereocenters. The van der Waals surface area contributed by atoms with Crippen LogP contribution in [0.2, 0.25) is 0 Å². The quantitative estimate of drug-likeness (QED) is 0.670. The number of carbonyl (C=O) groups is 1. The molecule has 0 radical (unpaired) electrons. The van der Waals surface area contributed by atoms with Crippen LogP contribution in [0.15, 0.2) is 0 Å². The van der Waals surface area contributed by atoms with E-state index in [9.17, 15) is 4.79 Å². The molecule has 1 aliphatic carbocycles. The molecule has 5 heteroatoms. The molecular weight excluding hydrogens is 206 g/mol. The molecule has 2 aliphatic rings. The number of hydrogen-bond acceptors (Lipinski definition) is 4. The summed E-state index contributed by atoms with van der Waals surface area (Å²) in [5.74, 6) is 0.0858. The Labute approximate surface area is 96.3 Å². The number of carbonyl (C=O) groups excluding carboxylic acids is 1. The smallest absolute Gasteiger partial charge is 0.239 e. The molecule has 0 aromatic rings. The maximum atomic E-state index is 11.9. The van der Waals surface area contributed by atoms with Crippen molar-refractivity contribution >= 4 is 5.91 Å². The van der Waals surface area contributed by atoms with E-state index in [0.717, 1.165) is 26.0 Å². The van der Waals surface area contributed by atoms with E-state index in [-0.39, 0.29) is 11.9 Å². The maximum absolute atomic E-state index is 11.9. The van der Waals surface area contributed by atoms with Gasteiger partial charge in [0.05, 0.1) is 13.2 Å². The summed E-state index contributed by atoms with van der Waals surface area (Å²) in [5.41, 5.74) is 5.80. The highest BCUT2D eigenvalue weighted by Crippen LogP contribution is 2.27. The van der Waals surface area contributed by atoms with E-state index >= 15 is 0 Å². The number of hydrogen-bond donors (Lipinski definition) is 2. The van der Waals surface area contributed by atoms with Gasteiger partial charge in [-0.1, -0.05) is 0 Å². The van der Waals surface area contributed by atoms with Crippen LogP contribution in [0.4, 0.5) is 0 Å². The summed E-state index contributed by atoms with van der Waals surface area (Å²) >= 11 is 0. The molecule has 16 heavy (non-hydrogen) atoms. The van der Waals surface area contributed by atoms with Crippen LogP contribution in [0.5, 0.6) is 0 Å². The number of morpholine rings is 1. The molecule has 5 nitrogen and oxygen atoms in total. The second kappa shape index (κ2) is 5.12. The monoisotopic (exact) mass is 227 g/mol. The topological polar surface area (TPSA) is 67.6 Å². The van der Waals surface area contributed by atoms with Gasteiger partial charge in [0.2, 0.25) is 5.91 Å². The van der Waals surface area contributed by atoms with Gasteiger partial charge in [0.1, 0.15) is 6.04 Å². The minimum absolute atomic E-state index is 0.0858. The van der Waals surface area contributed by atoms with Crippen LogP contribution in [-0.4, -0.2) is 55.2 Å². The molecule has 1 saturated heterocycles. The van der Waals surface area contributed by atoms with E-state index < -0.39 is 0 Å². The van der Waals surface area contributed by atoms with Crippen LogP contribution in [0, 0.1) is 0 Å². The first-order valence-corrected chi connectivity index (χ1v) is 6.09. The molecule has 0 bridgehead atoms. The van der Waals surface area contributed by atoms with Gasteiger partial charge in [-0.25, -0.2) is 0 Å². The van der Waals surface area contributed by atoms with Gasteiger partial charge >= 0.3 is 0 Å². The van der Waals surface area contributed by atoms with Crippen LogP contribution in [0.1, 0.15) is 19.8 Å². The molecule has 0 aromatic carbocycles. The highest BCUT2D eigenvalue weighted by atomic mass is 16.5. The number of nitrogens with two attached hydrogens (primary N) is 1. The second-order valence-electron chi connectivity index (χ2n) is 4.61. The summed E-state index contributed by atoms with van der Waals surface area (Å²) in [5, 5.41) is 2.87. The highest BCUT2D eigenvalue weighted by molar-refractivity contribution is 5.82. The average molecular weight is 227 g/mol. The van der Waals surface area contributed by atoms with Crippen molar-refractivity contribution < 1.29 is 9.53 Å². The lowest BCUT2D eigenvalue weighted by Gasteiger charge is -2.46. The first-order chi connectivity index (χ1) is 7.72. The zero-order chi connectivity index (χ0) is 11.5. The van der Waals surface area contributed by atoms with Gasteiger partial charge in [0.25, 0.3) is 0 Å². The molecule has 92 valence electrons. The summed E-state index contributed by atoms with van der Waals surface area (Å²) in [6.07, 6.45) is 2.02. The molecular formula is C11H21N3O2. The van der Waals surface area contributed by atoms with Crippen molar-refractivity contribution in [1.82, 2.24) is 10.2 Å². The van der Waals surface area contributed by atoms with Crippen molar-refractivity contribution in [1.29, 1.82) is 0 Å². The fourth-order valence-corrected chi connectivity index (χ4v) is 2.47. The standard InChI is InChI=1S/C11H21N3O2/c1-2-13-11(15)10-7-16-4-3-14(10)9-5-8(12)6-9/h8-10H,2-7,12H2,1H3,(H,13,15). The Morgan fingerprint density at radius 2 is 2.31 bits per heavy atom. The second-order valence-corrected chi connectivity index (χ2v) is 4.61. The molecule has 2 rings (SSSR count). The van der Waals surface area contributed by atoms with Gasteiger partial charge < -0.3 is 15.8 Å². The van der Waals surface area contributed by atoms with E-state index in [1.54, 1.807) is 0 Å². The Kier molecular flexibility index (Phi) is 3.78. The van der Waals surface area contributed by atoms with Crippen molar-refractivity contribution in [3.05, 3.63) is 0 Å². The lowest BCUT2D eigenvalue weighted by molar-refractivity contribution is -0.136. The summed E-state index contributed by atoms with van der Waals surface area (Å²) in [4.78, 5) is 14.1. The predicted molar refractivity (Wildman–Crippen MR) is 61.0 cm³/mol. The van der Waals surface area contributed by atoms with Crippen molar-refractivity contribution in [2.24, 2.45) is 5.73 Å². The summed E-state index contributed by atoms with van der Waals surface area (Å²) < 4.78 is 5.39. The van der Waals surface area contributed by atoms with Crippen molar-refractivity contribution in [3.63, 3.8) is 0 Å². The van der Waals surface area contributed by atoms with E-state index in [1.807, 2.05) is 6.92 Å². The minimum atomic E-state index is -0.119. The Morgan fingerprint density at radius 3 is 2.94 bits per heavy atom. The normalized spacial score (nSPS) is 35.5. The van der Waals surface area contributed by atoms with E-state index in [1.165, 1.54) is 0 Å². The van der Waals surface area contributed by atoms with Gasteiger partial charge in [0, 0.05) is 25.2 Å². The zero-order valence-electron chi connectivity index (χ0n) is 9.82. The van der Waals surface area contributed by atoms with Gasteiger partial charge in [-0.15, -0.1) is 0 Å². The molecule has 1 amide bonds. The molecule has 0 aromatic heterocycles. The van der Waals surface area contributed by atoms with Crippen LogP contribution in [0.3, 0.4) is 0 Å². The first-order valence-electron chi connectivity index (χ1n) is 6.09. The number of rotatable bonds is 3. The third-order valence-electron chi connectivity index (χ3n) is 3.44. The van der Waals surface area contributed by atoms with Gasteiger partial charge in [0.15, 0.2) is 0 Å². The van der Waals surface area contributed by atoms with Crippen molar-refractivity contribution in [2.45, 2.75) is 37.9 Å². The van der Waals surface area contributed by atoms with E-state index in [0.29, 0.717) is 25.2 Å². The fourth-order valence-electron chi connectivity index (χ4n) is 2.47. The highest BCUT2D eigenvalue weighted by Gasteiger charge is 2.39. The van der Waals surface area contributed by atoms with Crippen LogP contribution in [0.25, 0.3) is 0 Å². The summed E-state index contributed by atoms with van der Waals surface area (Å²) in [6.45, 7) is 4.69. The van der Waals surface area contributed by atoms with Crippen molar-refractivity contribution in [2.75, 3.05) is 26.3 Å². The SMILES string of the molecule is CCNC(=O)C1COCCN1C1CC(N)C1. The molecule has 1 aliphatic heterocycles. The van der Waals surface area contributed by atoms with E-state index in [2.05, 4.69) is 10.2 Å². The Hall–Kier alpha value is -0.650. The number of ether oxygens (including phenoxy) is 1. The zero-order valence-corrected chi connectivity index (χ0v) is 9.82. The van der Waals surface area contributed by atoms with Crippen LogP contribution < -0.4 is 11.1 Å². The molecule has 1 unspecified atom stereocenters. The number of likely N-dealkylation sites (N-methyl/N-ethyl adjacent to an activating group) is 1. The Bertz CT molecular complexity index is 254. The Balaban J connectivity index is 1.94. The van der Waals surface area contributed by atoms with Crippen molar-refractivity contribution in [3.8, 4) is 0 Å². The molecule has 1 saturated carbocycles. The predicted octanol–water partition coefficient (Wildman–Crippen LogP) is -0.687. The van der Waals surface area contributed by atoms with Gasteiger partial charge in [-0.05, 0) is 19.8 Å². The third-order valence-corrected chi connectivity index (χ3v) is 3.44. The fraction of sp³-hybridized carbons (Fsp3) is 0.909. The first kappa shape index (κ1) is 11.8. The minimum Gasteiger partial charge on any atom is -0.378 e. The van der Waals surface area contributed by atoms with Crippen LogP contribution in [-0.2, 0) is 9.53 Å². The van der Waals surface area contributed by atoms with Gasteiger partial charge in [-0.2, -0.15) is 0 Å². The molecule has 1 heterocycles. The maximum Gasteiger partial charge on any atom is 0.239 e. The Morgan fingerprint density at radius 1 is 1.56 bits per heavy atom. The number of nitrogens with zero attached hydrogens (tertiary/aromatic N) is 1. The lowest BCUT2D eigenvalue weighted by atomic mass is 9.85. The average Bonchev–Trinajstić information content (AvgIpc) is 2.25. The summed E-state index contributed by atoms with van der Waals surface area (Å²) in [7, 11) is 0. The number of amides is 1. The lowest BCUT2D eigenvalue weighted by Crippen LogP contribution is -2.61. The summed E-state index contributed by atoms with van der Waals surface area (Å²) in [6, 6.07) is 0.681. The third kappa shape index (κ3) is 2.36.